The minimum atomic E-state index is -0.456. The molecule has 0 atom stereocenters. The molecule has 1 N–H and O–H groups in total. The molecule has 3 rings (SSSR count). The summed E-state index contributed by atoms with van der Waals surface area (Å²) in [6.07, 6.45) is 0. The number of nitrogens with one attached hydrogen (secondary N) is 1. The van der Waals surface area contributed by atoms with Crippen molar-refractivity contribution in [3.05, 3.63) is 58.1 Å². The summed E-state index contributed by atoms with van der Waals surface area (Å²) in [7, 11) is 4.40. The highest BCUT2D eigenvalue weighted by atomic mass is 16.5. The Labute approximate surface area is 143 Å². The summed E-state index contributed by atoms with van der Waals surface area (Å²) in [5.41, 5.74) is 0.330. The van der Waals surface area contributed by atoms with Gasteiger partial charge in [-0.3, -0.25) is 9.59 Å². The van der Waals surface area contributed by atoms with E-state index in [1.54, 1.807) is 24.3 Å². The van der Waals surface area contributed by atoms with E-state index in [4.69, 9.17) is 14.2 Å². The minimum absolute atomic E-state index is 0.0574. The van der Waals surface area contributed by atoms with Gasteiger partial charge in [-0.25, -0.2) is 4.98 Å². The molecule has 0 fully saturated rings. The van der Waals surface area contributed by atoms with Crippen molar-refractivity contribution in [3.8, 4) is 17.2 Å². The number of carbonyl (C=O) groups is 1. The molecule has 0 saturated carbocycles. The predicted molar refractivity (Wildman–Crippen MR) is 91.9 cm³/mol. The standard InChI is InChI=1S/C18H16N2O5/c1-23-13-8-10(9-14(24-2)16(13)25-3)15(21)17-19-12-7-5-4-6-11(12)18(22)20-17/h4-9H,1-3H3,(H,19,20,22). The van der Waals surface area contributed by atoms with Crippen LogP contribution in [0, 0.1) is 0 Å². The first-order chi connectivity index (χ1) is 12.1. The fourth-order valence-electron chi connectivity index (χ4n) is 2.54. The Balaban J connectivity index is 2.14. The van der Waals surface area contributed by atoms with Gasteiger partial charge in [0.2, 0.25) is 11.5 Å². The fraction of sp³-hybridized carbons (Fsp3) is 0.167. The molecule has 1 aromatic heterocycles. The molecule has 25 heavy (non-hydrogen) atoms. The predicted octanol–water partition coefficient (Wildman–Crippen LogP) is 2.18. The third-order valence-corrected chi connectivity index (χ3v) is 3.75. The minimum Gasteiger partial charge on any atom is -0.493 e. The van der Waals surface area contributed by atoms with Crippen molar-refractivity contribution in [2.24, 2.45) is 0 Å². The van der Waals surface area contributed by atoms with Crippen LogP contribution in [0.5, 0.6) is 17.2 Å². The first kappa shape index (κ1) is 16.5. The summed E-state index contributed by atoms with van der Waals surface area (Å²) in [6.45, 7) is 0. The maximum Gasteiger partial charge on any atom is 0.259 e. The quantitative estimate of drug-likeness (QED) is 0.716. The number of hydrogen-bond donors (Lipinski definition) is 1. The van der Waals surface area contributed by atoms with Gasteiger partial charge in [0.25, 0.3) is 5.56 Å². The molecule has 128 valence electrons. The third-order valence-electron chi connectivity index (χ3n) is 3.75. The zero-order chi connectivity index (χ0) is 18.0. The van der Waals surface area contributed by atoms with Crippen molar-refractivity contribution in [2.45, 2.75) is 0 Å². The van der Waals surface area contributed by atoms with Gasteiger partial charge in [-0.1, -0.05) is 12.1 Å². The molecule has 0 saturated heterocycles. The van der Waals surface area contributed by atoms with Gasteiger partial charge >= 0.3 is 0 Å². The number of ether oxygens (including phenoxy) is 3. The highest BCUT2D eigenvalue weighted by Gasteiger charge is 2.20. The number of ketones is 1. The zero-order valence-electron chi connectivity index (χ0n) is 14.0. The molecule has 0 radical (unpaired) electrons. The van der Waals surface area contributed by atoms with Crippen molar-refractivity contribution < 1.29 is 19.0 Å². The lowest BCUT2D eigenvalue weighted by Crippen LogP contribution is -2.16. The summed E-state index contributed by atoms with van der Waals surface area (Å²) in [5, 5.41) is 0.420. The topological polar surface area (TPSA) is 90.5 Å². The molecule has 1 heterocycles. The fourth-order valence-corrected chi connectivity index (χ4v) is 2.54. The number of fused-ring (bicyclic) bond motifs is 1. The highest BCUT2D eigenvalue weighted by Crippen LogP contribution is 2.38. The van der Waals surface area contributed by atoms with E-state index >= 15 is 0 Å². The smallest absolute Gasteiger partial charge is 0.259 e. The Bertz CT molecular complexity index is 985. The number of carbonyl (C=O) groups excluding carboxylic acids is 1. The SMILES string of the molecule is COc1cc(C(=O)c2nc3ccccc3c(=O)[nH]2)cc(OC)c1OC. The monoisotopic (exact) mass is 340 g/mol. The largest absolute Gasteiger partial charge is 0.493 e. The molecule has 2 aromatic carbocycles. The molecule has 7 nitrogen and oxygen atoms in total. The van der Waals surface area contributed by atoms with Crippen molar-refractivity contribution in [2.75, 3.05) is 21.3 Å². The molecular weight excluding hydrogens is 324 g/mol. The second kappa shape index (κ2) is 6.64. The van der Waals surface area contributed by atoms with Crippen LogP contribution in [0.1, 0.15) is 16.2 Å². The van der Waals surface area contributed by atoms with Gasteiger partial charge in [0.1, 0.15) is 0 Å². The summed E-state index contributed by atoms with van der Waals surface area (Å²) >= 11 is 0. The van der Waals surface area contributed by atoms with Crippen LogP contribution in [0.3, 0.4) is 0 Å². The van der Waals surface area contributed by atoms with Crippen molar-refractivity contribution >= 4 is 16.7 Å². The van der Waals surface area contributed by atoms with Crippen LogP contribution in [0.15, 0.2) is 41.2 Å². The van der Waals surface area contributed by atoms with E-state index in [9.17, 15) is 9.59 Å². The lowest BCUT2D eigenvalue weighted by molar-refractivity contribution is 0.102. The van der Waals surface area contributed by atoms with Gasteiger partial charge < -0.3 is 19.2 Å². The number of aromatic nitrogens is 2. The number of H-pyrrole nitrogens is 1. The van der Waals surface area contributed by atoms with E-state index in [1.165, 1.54) is 33.5 Å². The van der Waals surface area contributed by atoms with Crippen LogP contribution in [-0.4, -0.2) is 37.1 Å². The highest BCUT2D eigenvalue weighted by molar-refractivity contribution is 6.07. The van der Waals surface area contributed by atoms with Gasteiger partial charge in [0, 0.05) is 5.56 Å². The van der Waals surface area contributed by atoms with Gasteiger partial charge in [0.15, 0.2) is 17.3 Å². The molecule has 0 bridgehead atoms. The van der Waals surface area contributed by atoms with E-state index in [2.05, 4.69) is 9.97 Å². The van der Waals surface area contributed by atoms with Gasteiger partial charge in [0.05, 0.1) is 32.2 Å². The maximum atomic E-state index is 12.8. The third kappa shape index (κ3) is 2.91. The number of nitrogens with zero attached hydrogens (tertiary/aromatic N) is 1. The normalized spacial score (nSPS) is 10.5. The number of benzene rings is 2. The van der Waals surface area contributed by atoms with Crippen LogP contribution < -0.4 is 19.8 Å². The molecule has 0 spiro atoms. The number of rotatable bonds is 5. The molecule has 0 aliphatic rings. The Morgan fingerprint density at radius 3 is 2.24 bits per heavy atom. The van der Waals surface area contributed by atoms with Crippen LogP contribution in [-0.2, 0) is 0 Å². The summed E-state index contributed by atoms with van der Waals surface area (Å²) in [4.78, 5) is 31.7. The summed E-state index contributed by atoms with van der Waals surface area (Å²) < 4.78 is 15.7. The summed E-state index contributed by atoms with van der Waals surface area (Å²) in [5.74, 6) is 0.545. The van der Waals surface area contributed by atoms with E-state index in [0.29, 0.717) is 28.2 Å². The Hall–Kier alpha value is -3.35. The first-order valence-electron chi connectivity index (χ1n) is 7.42. The van der Waals surface area contributed by atoms with Crippen LogP contribution in [0.25, 0.3) is 10.9 Å². The van der Waals surface area contributed by atoms with Crippen LogP contribution >= 0.6 is 0 Å². The molecule has 0 aliphatic carbocycles. The van der Waals surface area contributed by atoms with E-state index < -0.39 is 5.78 Å². The van der Waals surface area contributed by atoms with Gasteiger partial charge in [-0.05, 0) is 24.3 Å². The first-order valence-corrected chi connectivity index (χ1v) is 7.42. The van der Waals surface area contributed by atoms with Gasteiger partial charge in [-0.15, -0.1) is 0 Å². The molecule has 0 aliphatic heterocycles. The molecule has 7 heteroatoms. The van der Waals surface area contributed by atoms with Crippen LogP contribution in [0.2, 0.25) is 0 Å². The number of aromatic amines is 1. The lowest BCUT2D eigenvalue weighted by Gasteiger charge is -2.13. The van der Waals surface area contributed by atoms with Crippen molar-refractivity contribution in [3.63, 3.8) is 0 Å². The van der Waals surface area contributed by atoms with E-state index in [1.807, 2.05) is 0 Å². The molecule has 0 amide bonds. The Morgan fingerprint density at radius 2 is 1.64 bits per heavy atom. The van der Waals surface area contributed by atoms with E-state index in [-0.39, 0.29) is 16.9 Å². The second-order valence-corrected chi connectivity index (χ2v) is 5.17. The van der Waals surface area contributed by atoms with Crippen LogP contribution in [0.4, 0.5) is 0 Å². The maximum absolute atomic E-state index is 12.8. The summed E-state index contributed by atoms with van der Waals surface area (Å²) in [6, 6.07) is 9.84. The number of methoxy groups -OCH3 is 3. The molecule has 0 unspecified atom stereocenters. The van der Waals surface area contributed by atoms with Crippen molar-refractivity contribution in [1.29, 1.82) is 0 Å². The number of hydrogen-bond acceptors (Lipinski definition) is 6. The second-order valence-electron chi connectivity index (χ2n) is 5.17. The zero-order valence-corrected chi connectivity index (χ0v) is 14.0. The molecular formula is C18H16N2O5. The average molecular weight is 340 g/mol. The van der Waals surface area contributed by atoms with E-state index in [0.717, 1.165) is 0 Å². The lowest BCUT2D eigenvalue weighted by atomic mass is 10.1. The molecule has 3 aromatic rings. The van der Waals surface area contributed by atoms with Gasteiger partial charge in [-0.2, -0.15) is 0 Å². The van der Waals surface area contributed by atoms with Crippen molar-refractivity contribution in [1.82, 2.24) is 9.97 Å². The number of para-hydroxylation sites is 1. The average Bonchev–Trinajstić information content (AvgIpc) is 2.66. The Morgan fingerprint density at radius 1 is 1.00 bits per heavy atom. The Kier molecular flexibility index (Phi) is 4.38.